The minimum absolute atomic E-state index is 0.0521. The quantitative estimate of drug-likeness (QED) is 0.610. The molecule has 1 aliphatic carbocycles. The summed E-state index contributed by atoms with van der Waals surface area (Å²) in [5.74, 6) is 1.68. The molecule has 104 valence electrons. The molecule has 0 bridgehead atoms. The van der Waals surface area contributed by atoms with E-state index in [2.05, 4.69) is 29.5 Å². The molecule has 1 aromatic heterocycles. The molecule has 1 fully saturated rings. The third-order valence-corrected chi connectivity index (χ3v) is 4.02. The molecule has 1 saturated carbocycles. The van der Waals surface area contributed by atoms with Gasteiger partial charge in [0.2, 0.25) is 0 Å². The summed E-state index contributed by atoms with van der Waals surface area (Å²) in [4.78, 5) is 14.8. The van der Waals surface area contributed by atoms with Crippen LogP contribution >= 0.6 is 0 Å². The van der Waals surface area contributed by atoms with E-state index in [1.807, 2.05) is 0 Å². The standard InChI is InChI=1S/C13H20N4O2/c1-9(2)13(4-5-13)8-15-12-7-10(17(18)19)6-11(14-3)16-12/h6-7,9H,4-5,8H2,1-3H3,(H2,14,15,16). The van der Waals surface area contributed by atoms with Crippen LogP contribution in [-0.2, 0) is 0 Å². The Bertz CT molecular complexity index is 484. The zero-order valence-corrected chi connectivity index (χ0v) is 11.6. The van der Waals surface area contributed by atoms with Gasteiger partial charge in [-0.1, -0.05) is 13.8 Å². The Hall–Kier alpha value is -1.85. The molecule has 19 heavy (non-hydrogen) atoms. The van der Waals surface area contributed by atoms with Crippen LogP contribution in [0, 0.1) is 21.4 Å². The minimum atomic E-state index is -0.400. The third-order valence-electron chi connectivity index (χ3n) is 4.02. The van der Waals surface area contributed by atoms with Crippen LogP contribution in [-0.4, -0.2) is 23.5 Å². The molecule has 6 nitrogen and oxygen atoms in total. The summed E-state index contributed by atoms with van der Waals surface area (Å²) in [6, 6.07) is 2.91. The van der Waals surface area contributed by atoms with E-state index < -0.39 is 4.92 Å². The average Bonchev–Trinajstić information content (AvgIpc) is 3.17. The Kier molecular flexibility index (Phi) is 3.59. The summed E-state index contributed by atoms with van der Waals surface area (Å²) in [5, 5.41) is 17.0. The highest BCUT2D eigenvalue weighted by Crippen LogP contribution is 2.51. The normalized spacial score (nSPS) is 16.2. The van der Waals surface area contributed by atoms with Gasteiger partial charge in [0.1, 0.15) is 11.6 Å². The number of nitrogens with zero attached hydrogens (tertiary/aromatic N) is 2. The molecule has 1 aliphatic rings. The van der Waals surface area contributed by atoms with Crippen LogP contribution in [0.4, 0.5) is 17.3 Å². The highest BCUT2D eigenvalue weighted by Gasteiger charge is 2.45. The van der Waals surface area contributed by atoms with E-state index in [9.17, 15) is 10.1 Å². The maximum atomic E-state index is 10.9. The van der Waals surface area contributed by atoms with Crippen LogP contribution in [0.15, 0.2) is 12.1 Å². The van der Waals surface area contributed by atoms with Crippen molar-refractivity contribution in [1.82, 2.24) is 4.98 Å². The van der Waals surface area contributed by atoms with Crippen molar-refractivity contribution in [3.8, 4) is 0 Å². The summed E-state index contributed by atoms with van der Waals surface area (Å²) >= 11 is 0. The number of nitro groups is 1. The van der Waals surface area contributed by atoms with Crippen molar-refractivity contribution in [2.75, 3.05) is 24.2 Å². The summed E-state index contributed by atoms with van der Waals surface area (Å²) in [6.45, 7) is 5.26. The van der Waals surface area contributed by atoms with Crippen LogP contribution in [0.1, 0.15) is 26.7 Å². The number of hydrogen-bond acceptors (Lipinski definition) is 5. The molecule has 0 saturated heterocycles. The molecular formula is C13H20N4O2. The predicted octanol–water partition coefficient (Wildman–Crippen LogP) is 2.88. The maximum absolute atomic E-state index is 10.9. The molecule has 2 N–H and O–H groups in total. The van der Waals surface area contributed by atoms with Crippen LogP contribution in [0.2, 0.25) is 0 Å². The number of anilines is 2. The maximum Gasteiger partial charge on any atom is 0.276 e. The van der Waals surface area contributed by atoms with Crippen molar-refractivity contribution in [2.24, 2.45) is 11.3 Å². The topological polar surface area (TPSA) is 80.1 Å². The zero-order valence-electron chi connectivity index (χ0n) is 11.6. The fourth-order valence-electron chi connectivity index (χ4n) is 2.23. The molecule has 0 aliphatic heterocycles. The Balaban J connectivity index is 2.11. The van der Waals surface area contributed by atoms with Gasteiger partial charge in [-0.15, -0.1) is 0 Å². The third kappa shape index (κ3) is 2.94. The highest BCUT2D eigenvalue weighted by atomic mass is 16.6. The molecular weight excluding hydrogens is 244 g/mol. The smallest absolute Gasteiger partial charge is 0.276 e. The van der Waals surface area contributed by atoms with Gasteiger partial charge >= 0.3 is 0 Å². The molecule has 1 aromatic rings. The number of rotatable bonds is 6. The van der Waals surface area contributed by atoms with Gasteiger partial charge in [0, 0.05) is 13.6 Å². The summed E-state index contributed by atoms with van der Waals surface area (Å²) in [5.41, 5.74) is 0.391. The lowest BCUT2D eigenvalue weighted by molar-refractivity contribution is -0.384. The van der Waals surface area contributed by atoms with Gasteiger partial charge in [-0.05, 0) is 24.2 Å². The zero-order chi connectivity index (χ0) is 14.0. The Morgan fingerprint density at radius 3 is 2.53 bits per heavy atom. The van der Waals surface area contributed by atoms with E-state index in [0.29, 0.717) is 23.0 Å². The SMILES string of the molecule is CNc1cc([N+](=O)[O-])cc(NCC2(C(C)C)CC2)n1. The lowest BCUT2D eigenvalue weighted by Gasteiger charge is -2.20. The molecule has 0 atom stereocenters. The van der Waals surface area contributed by atoms with Crippen LogP contribution in [0.3, 0.4) is 0 Å². The first-order valence-electron chi connectivity index (χ1n) is 6.55. The molecule has 0 unspecified atom stereocenters. The second-order valence-corrected chi connectivity index (χ2v) is 5.47. The van der Waals surface area contributed by atoms with Crippen molar-refractivity contribution in [1.29, 1.82) is 0 Å². The molecule has 0 spiro atoms. The van der Waals surface area contributed by atoms with E-state index in [1.54, 1.807) is 7.05 Å². The van der Waals surface area contributed by atoms with Crippen LogP contribution in [0.5, 0.6) is 0 Å². The Morgan fingerprint density at radius 1 is 1.42 bits per heavy atom. The lowest BCUT2D eigenvalue weighted by Crippen LogP contribution is -2.21. The van der Waals surface area contributed by atoms with Crippen molar-refractivity contribution < 1.29 is 4.92 Å². The van der Waals surface area contributed by atoms with Gasteiger partial charge in [0.05, 0.1) is 17.1 Å². The van der Waals surface area contributed by atoms with E-state index in [1.165, 1.54) is 25.0 Å². The van der Waals surface area contributed by atoms with E-state index in [4.69, 9.17) is 0 Å². The second kappa shape index (κ2) is 5.03. The molecule has 6 heteroatoms. The molecule has 2 rings (SSSR count). The largest absolute Gasteiger partial charge is 0.373 e. The van der Waals surface area contributed by atoms with Gasteiger partial charge in [-0.2, -0.15) is 0 Å². The predicted molar refractivity (Wildman–Crippen MR) is 75.4 cm³/mol. The first-order valence-corrected chi connectivity index (χ1v) is 6.55. The monoisotopic (exact) mass is 264 g/mol. The summed E-state index contributed by atoms with van der Waals surface area (Å²) in [6.07, 6.45) is 2.43. The van der Waals surface area contributed by atoms with Crippen molar-refractivity contribution in [3.05, 3.63) is 22.2 Å². The molecule has 0 radical (unpaired) electrons. The lowest BCUT2D eigenvalue weighted by atomic mass is 9.92. The van der Waals surface area contributed by atoms with Gasteiger partial charge in [-0.25, -0.2) is 4.98 Å². The van der Waals surface area contributed by atoms with E-state index >= 15 is 0 Å². The Labute approximate surface area is 112 Å². The van der Waals surface area contributed by atoms with Gasteiger partial charge in [-0.3, -0.25) is 10.1 Å². The Morgan fingerprint density at radius 2 is 2.05 bits per heavy atom. The number of hydrogen-bond donors (Lipinski definition) is 2. The second-order valence-electron chi connectivity index (χ2n) is 5.47. The van der Waals surface area contributed by atoms with Crippen molar-refractivity contribution >= 4 is 17.3 Å². The first kappa shape index (κ1) is 13.6. The first-order chi connectivity index (χ1) is 8.97. The summed E-state index contributed by atoms with van der Waals surface area (Å²) < 4.78 is 0. The highest BCUT2D eigenvalue weighted by molar-refractivity contribution is 5.54. The number of nitrogens with one attached hydrogen (secondary N) is 2. The fraction of sp³-hybridized carbons (Fsp3) is 0.615. The van der Waals surface area contributed by atoms with Gasteiger partial charge in [0.15, 0.2) is 0 Å². The average molecular weight is 264 g/mol. The molecule has 0 aromatic carbocycles. The molecule has 0 amide bonds. The number of pyridine rings is 1. The number of aromatic nitrogens is 1. The van der Waals surface area contributed by atoms with Crippen molar-refractivity contribution in [3.63, 3.8) is 0 Å². The van der Waals surface area contributed by atoms with E-state index in [-0.39, 0.29) is 5.69 Å². The van der Waals surface area contributed by atoms with Crippen LogP contribution < -0.4 is 10.6 Å². The van der Waals surface area contributed by atoms with E-state index in [0.717, 1.165) is 6.54 Å². The summed E-state index contributed by atoms with van der Waals surface area (Å²) in [7, 11) is 1.70. The fourth-order valence-corrected chi connectivity index (χ4v) is 2.23. The van der Waals surface area contributed by atoms with Gasteiger partial charge in [0.25, 0.3) is 5.69 Å². The van der Waals surface area contributed by atoms with Gasteiger partial charge < -0.3 is 10.6 Å². The molecule has 1 heterocycles. The van der Waals surface area contributed by atoms with Crippen LogP contribution in [0.25, 0.3) is 0 Å². The van der Waals surface area contributed by atoms with Crippen molar-refractivity contribution in [2.45, 2.75) is 26.7 Å². The minimum Gasteiger partial charge on any atom is -0.373 e.